The summed E-state index contributed by atoms with van der Waals surface area (Å²) >= 11 is 0. The molecule has 1 aliphatic rings. The lowest BCUT2D eigenvalue weighted by atomic mass is 9.86. The molecule has 1 aliphatic carbocycles. The highest BCUT2D eigenvalue weighted by Gasteiger charge is 2.17. The van der Waals surface area contributed by atoms with Crippen LogP contribution < -0.4 is 0 Å². The molecule has 0 radical (unpaired) electrons. The Labute approximate surface area is 131 Å². The van der Waals surface area contributed by atoms with Crippen molar-refractivity contribution in [1.82, 2.24) is 14.8 Å². The number of aromatic nitrogens is 3. The zero-order chi connectivity index (χ0) is 15.5. The van der Waals surface area contributed by atoms with Crippen molar-refractivity contribution < 1.29 is 4.84 Å². The van der Waals surface area contributed by atoms with Crippen LogP contribution in [0.1, 0.15) is 50.2 Å². The van der Waals surface area contributed by atoms with Gasteiger partial charge in [0, 0.05) is 18.5 Å². The van der Waals surface area contributed by atoms with Crippen molar-refractivity contribution in [2.75, 3.05) is 0 Å². The van der Waals surface area contributed by atoms with Crippen LogP contribution in [0.2, 0.25) is 0 Å². The molecule has 5 heteroatoms. The summed E-state index contributed by atoms with van der Waals surface area (Å²) in [7, 11) is 1.98. The van der Waals surface area contributed by atoms with Crippen molar-refractivity contribution in [3.8, 4) is 5.69 Å². The van der Waals surface area contributed by atoms with Crippen LogP contribution in [0.15, 0.2) is 23.4 Å². The maximum Gasteiger partial charge on any atom is 0.144 e. The third-order valence-electron chi connectivity index (χ3n) is 4.73. The first kappa shape index (κ1) is 15.0. The summed E-state index contributed by atoms with van der Waals surface area (Å²) in [4.78, 5) is 9.63. The van der Waals surface area contributed by atoms with E-state index in [-0.39, 0.29) is 0 Å². The van der Waals surface area contributed by atoms with Gasteiger partial charge < -0.3 is 4.84 Å². The van der Waals surface area contributed by atoms with Crippen LogP contribution in [-0.4, -0.2) is 20.5 Å². The van der Waals surface area contributed by atoms with E-state index in [1.54, 1.807) is 0 Å². The van der Waals surface area contributed by atoms with Gasteiger partial charge in [0.1, 0.15) is 6.61 Å². The van der Waals surface area contributed by atoms with E-state index in [2.05, 4.69) is 42.4 Å². The molecule has 0 amide bonds. The molecule has 3 rings (SSSR count). The molecule has 1 saturated carbocycles. The lowest BCUT2D eigenvalue weighted by molar-refractivity contribution is 0.127. The van der Waals surface area contributed by atoms with Crippen molar-refractivity contribution in [3.05, 3.63) is 29.3 Å². The molecule has 120 valence electrons. The molecule has 0 bridgehead atoms. The molecule has 0 atom stereocenters. The Morgan fingerprint density at radius 2 is 2.05 bits per heavy atom. The second kappa shape index (κ2) is 6.46. The van der Waals surface area contributed by atoms with Crippen LogP contribution in [0, 0.1) is 12.8 Å². The van der Waals surface area contributed by atoms with Crippen molar-refractivity contribution >= 4 is 5.71 Å². The van der Waals surface area contributed by atoms with Gasteiger partial charge in [-0.15, -0.1) is 0 Å². The van der Waals surface area contributed by atoms with E-state index in [1.165, 1.54) is 43.2 Å². The fraction of sp³-hybridized carbons (Fsp3) is 0.588. The Balaban J connectivity index is 1.66. The van der Waals surface area contributed by atoms with E-state index >= 15 is 0 Å². The average Bonchev–Trinajstić information content (AvgIpc) is 3.26. The fourth-order valence-electron chi connectivity index (χ4n) is 3.20. The molecule has 0 aliphatic heterocycles. The minimum Gasteiger partial charge on any atom is -0.391 e. The number of hydrogen-bond donors (Lipinski definition) is 1. The molecule has 0 saturated heterocycles. The van der Waals surface area contributed by atoms with Gasteiger partial charge in [0.25, 0.3) is 0 Å². The van der Waals surface area contributed by atoms with Crippen molar-refractivity contribution in [3.63, 3.8) is 0 Å². The van der Waals surface area contributed by atoms with E-state index in [4.69, 9.17) is 4.84 Å². The standard InChI is InChI=1S/C17H26N4O/c1-13-8-7-11-17(21-19-20(21)3)16(13)12-22-18-14(2)15-9-5-4-6-10-15/h7-8,11,15,19H,4-6,9-10,12H2,1-3H3/b18-14+. The quantitative estimate of drug-likeness (QED) is 0.660. The van der Waals surface area contributed by atoms with Crippen LogP contribution >= 0.6 is 0 Å². The van der Waals surface area contributed by atoms with Crippen LogP contribution in [0.3, 0.4) is 0 Å². The lowest BCUT2D eigenvalue weighted by Crippen LogP contribution is -2.15. The first-order valence-corrected chi connectivity index (χ1v) is 8.22. The molecule has 1 N–H and O–H groups in total. The van der Waals surface area contributed by atoms with E-state index in [9.17, 15) is 0 Å². The molecule has 1 fully saturated rings. The summed E-state index contributed by atoms with van der Waals surface area (Å²) < 4.78 is 0. The number of aromatic amines is 1. The average molecular weight is 302 g/mol. The number of oxime groups is 1. The van der Waals surface area contributed by atoms with Gasteiger partial charge in [-0.05, 0) is 38.3 Å². The number of H-pyrrole nitrogens is 1. The molecular weight excluding hydrogens is 276 g/mol. The molecule has 22 heavy (non-hydrogen) atoms. The SMILES string of the molecule is C/C(=N\OCc1c(C)cccc1-n1[nH]n1C)C1CCCCC1. The Morgan fingerprint density at radius 3 is 2.73 bits per heavy atom. The summed E-state index contributed by atoms with van der Waals surface area (Å²) in [6.45, 7) is 4.73. The molecule has 0 spiro atoms. The summed E-state index contributed by atoms with van der Waals surface area (Å²) in [6.07, 6.45) is 6.54. The molecule has 1 aromatic heterocycles. The normalized spacial score (nSPS) is 17.1. The number of nitrogens with zero attached hydrogens (tertiary/aromatic N) is 3. The molecule has 1 aromatic carbocycles. The molecule has 0 unspecified atom stereocenters. The van der Waals surface area contributed by atoms with Crippen LogP contribution in [-0.2, 0) is 18.5 Å². The van der Waals surface area contributed by atoms with Gasteiger partial charge in [0.05, 0.1) is 11.4 Å². The Bertz CT molecular complexity index is 640. The third kappa shape index (κ3) is 3.29. The highest BCUT2D eigenvalue weighted by Crippen LogP contribution is 2.25. The third-order valence-corrected chi connectivity index (χ3v) is 4.73. The van der Waals surface area contributed by atoms with Crippen LogP contribution in [0.4, 0.5) is 0 Å². The van der Waals surface area contributed by atoms with E-state index in [0.29, 0.717) is 12.5 Å². The first-order valence-electron chi connectivity index (χ1n) is 8.22. The largest absolute Gasteiger partial charge is 0.391 e. The minimum absolute atomic E-state index is 0.512. The second-order valence-electron chi connectivity index (χ2n) is 6.35. The Morgan fingerprint density at radius 1 is 1.32 bits per heavy atom. The van der Waals surface area contributed by atoms with Crippen LogP contribution in [0.5, 0.6) is 0 Å². The van der Waals surface area contributed by atoms with Gasteiger partial charge >= 0.3 is 0 Å². The van der Waals surface area contributed by atoms with E-state index in [0.717, 1.165) is 11.4 Å². The summed E-state index contributed by atoms with van der Waals surface area (Å²) in [5.74, 6) is 0.616. The monoisotopic (exact) mass is 302 g/mol. The van der Waals surface area contributed by atoms with Gasteiger partial charge in [-0.25, -0.2) is 5.21 Å². The summed E-state index contributed by atoms with van der Waals surface area (Å²) in [5.41, 5.74) is 4.69. The summed E-state index contributed by atoms with van der Waals surface area (Å²) in [5, 5.41) is 7.53. The smallest absolute Gasteiger partial charge is 0.144 e. The zero-order valence-corrected chi connectivity index (χ0v) is 13.8. The predicted molar refractivity (Wildman–Crippen MR) is 88.3 cm³/mol. The highest BCUT2D eigenvalue weighted by atomic mass is 16.6. The predicted octanol–water partition coefficient (Wildman–Crippen LogP) is 3.93. The van der Waals surface area contributed by atoms with Gasteiger partial charge in [0.15, 0.2) is 0 Å². The number of hydrogen-bond acceptors (Lipinski definition) is 2. The van der Waals surface area contributed by atoms with Gasteiger partial charge in [-0.1, -0.05) is 36.6 Å². The zero-order valence-electron chi connectivity index (χ0n) is 13.8. The number of benzene rings is 1. The topological polar surface area (TPSA) is 47.2 Å². The summed E-state index contributed by atoms with van der Waals surface area (Å²) in [6, 6.07) is 6.28. The Hall–Kier alpha value is -1.91. The molecular formula is C17H26N4O. The first-order chi connectivity index (χ1) is 10.7. The van der Waals surface area contributed by atoms with Crippen molar-refractivity contribution in [2.24, 2.45) is 18.1 Å². The van der Waals surface area contributed by atoms with Gasteiger partial charge in [-0.3, -0.25) is 0 Å². The van der Waals surface area contributed by atoms with E-state index in [1.807, 2.05) is 16.6 Å². The second-order valence-corrected chi connectivity index (χ2v) is 6.35. The molecule has 2 aromatic rings. The lowest BCUT2D eigenvalue weighted by Gasteiger charge is -2.20. The minimum atomic E-state index is 0.512. The maximum absolute atomic E-state index is 5.68. The van der Waals surface area contributed by atoms with Gasteiger partial charge in [0.2, 0.25) is 0 Å². The van der Waals surface area contributed by atoms with E-state index < -0.39 is 0 Å². The maximum atomic E-state index is 5.68. The molecule has 5 nitrogen and oxygen atoms in total. The van der Waals surface area contributed by atoms with Crippen molar-refractivity contribution in [2.45, 2.75) is 52.6 Å². The van der Waals surface area contributed by atoms with Crippen molar-refractivity contribution in [1.29, 1.82) is 0 Å². The number of rotatable bonds is 5. The number of aryl methyl sites for hydroxylation is 2. The van der Waals surface area contributed by atoms with Gasteiger partial charge in [-0.2, -0.15) is 9.59 Å². The Kier molecular flexibility index (Phi) is 4.41. The molecule has 1 heterocycles. The van der Waals surface area contributed by atoms with Crippen LogP contribution in [0.25, 0.3) is 5.69 Å². The number of nitrogens with one attached hydrogen (secondary N) is 1. The fourth-order valence-corrected chi connectivity index (χ4v) is 3.20. The highest BCUT2D eigenvalue weighted by molar-refractivity contribution is 5.83.